The van der Waals surface area contributed by atoms with E-state index < -0.39 is 23.9 Å². The molecule has 168 valence electrons. The largest absolute Gasteiger partial charge is 0.494 e. The van der Waals surface area contributed by atoms with Crippen LogP contribution in [0.3, 0.4) is 0 Å². The Labute approximate surface area is 176 Å². The zero-order chi connectivity index (χ0) is 23.0. The van der Waals surface area contributed by atoms with Gasteiger partial charge in [-0.15, -0.1) is 0 Å². The quantitative estimate of drug-likeness (QED) is 0.503. The summed E-state index contributed by atoms with van der Waals surface area (Å²) in [6.45, 7) is 0.827. The van der Waals surface area contributed by atoms with Crippen LogP contribution in [0.4, 0.5) is 29.3 Å². The SMILES string of the molecule is COc1cc(NC(=O)NCC(O)COc2cccc(C(F)(F)F)c2)ccc1NC(C)=O. The van der Waals surface area contributed by atoms with Gasteiger partial charge in [0.1, 0.15) is 24.2 Å². The average molecular weight is 441 g/mol. The molecule has 0 heterocycles. The number of aliphatic hydroxyl groups is 1. The van der Waals surface area contributed by atoms with E-state index >= 15 is 0 Å². The summed E-state index contributed by atoms with van der Waals surface area (Å²) < 4.78 is 48.4. The lowest BCUT2D eigenvalue weighted by molar-refractivity contribution is -0.137. The summed E-state index contributed by atoms with van der Waals surface area (Å²) in [5, 5.41) is 17.4. The maximum atomic E-state index is 12.7. The van der Waals surface area contributed by atoms with Gasteiger partial charge in [0.15, 0.2) is 0 Å². The number of alkyl halides is 3. The van der Waals surface area contributed by atoms with Crippen LogP contribution in [0.1, 0.15) is 12.5 Å². The van der Waals surface area contributed by atoms with Crippen LogP contribution in [-0.4, -0.2) is 43.4 Å². The van der Waals surface area contributed by atoms with Crippen molar-refractivity contribution in [2.24, 2.45) is 0 Å². The molecule has 0 spiro atoms. The smallest absolute Gasteiger partial charge is 0.416 e. The summed E-state index contributed by atoms with van der Waals surface area (Å²) in [5.41, 5.74) is -0.0572. The monoisotopic (exact) mass is 441 g/mol. The molecule has 0 bridgehead atoms. The maximum absolute atomic E-state index is 12.7. The molecule has 3 amide bonds. The molecule has 1 unspecified atom stereocenters. The molecule has 0 aliphatic heterocycles. The maximum Gasteiger partial charge on any atom is 0.416 e. The topological polar surface area (TPSA) is 109 Å². The van der Waals surface area contributed by atoms with Crippen LogP contribution in [0, 0.1) is 0 Å². The minimum atomic E-state index is -4.50. The van der Waals surface area contributed by atoms with E-state index in [-0.39, 0.29) is 24.8 Å². The summed E-state index contributed by atoms with van der Waals surface area (Å²) in [6.07, 6.45) is -5.65. The van der Waals surface area contributed by atoms with Gasteiger partial charge in [-0.3, -0.25) is 4.79 Å². The fraction of sp³-hybridized carbons (Fsp3) is 0.300. The molecule has 8 nitrogen and oxygen atoms in total. The summed E-state index contributed by atoms with van der Waals surface area (Å²) in [7, 11) is 1.41. The zero-order valence-electron chi connectivity index (χ0n) is 16.7. The second kappa shape index (κ2) is 10.5. The van der Waals surface area contributed by atoms with Crippen LogP contribution in [0.5, 0.6) is 11.5 Å². The second-order valence-electron chi connectivity index (χ2n) is 6.42. The van der Waals surface area contributed by atoms with Gasteiger partial charge in [-0.25, -0.2) is 4.79 Å². The molecule has 0 aromatic heterocycles. The van der Waals surface area contributed by atoms with Gasteiger partial charge >= 0.3 is 12.2 Å². The van der Waals surface area contributed by atoms with Gasteiger partial charge in [0.25, 0.3) is 0 Å². The first-order valence-electron chi connectivity index (χ1n) is 9.07. The molecule has 0 saturated carbocycles. The number of urea groups is 1. The van der Waals surface area contributed by atoms with Crippen molar-refractivity contribution in [3.05, 3.63) is 48.0 Å². The number of carbonyl (C=O) groups excluding carboxylic acids is 2. The van der Waals surface area contributed by atoms with Gasteiger partial charge < -0.3 is 30.5 Å². The zero-order valence-corrected chi connectivity index (χ0v) is 16.7. The van der Waals surface area contributed by atoms with E-state index in [1.807, 2.05) is 0 Å². The molecule has 2 aromatic carbocycles. The van der Waals surface area contributed by atoms with E-state index in [0.29, 0.717) is 17.1 Å². The lowest BCUT2D eigenvalue weighted by Gasteiger charge is -2.15. The van der Waals surface area contributed by atoms with Crippen molar-refractivity contribution in [1.29, 1.82) is 0 Å². The highest BCUT2D eigenvalue weighted by Gasteiger charge is 2.30. The number of anilines is 2. The number of halogens is 3. The van der Waals surface area contributed by atoms with Gasteiger partial charge in [-0.1, -0.05) is 6.07 Å². The number of hydrogen-bond donors (Lipinski definition) is 4. The van der Waals surface area contributed by atoms with Crippen LogP contribution in [0.25, 0.3) is 0 Å². The Hall–Kier alpha value is -3.47. The Morgan fingerprint density at radius 2 is 1.87 bits per heavy atom. The molecule has 2 aromatic rings. The van der Waals surface area contributed by atoms with Gasteiger partial charge in [0.2, 0.25) is 5.91 Å². The summed E-state index contributed by atoms with van der Waals surface area (Å²) in [6, 6.07) is 8.22. The molecule has 1 atom stereocenters. The number of nitrogens with one attached hydrogen (secondary N) is 3. The van der Waals surface area contributed by atoms with Crippen LogP contribution in [0.15, 0.2) is 42.5 Å². The second-order valence-corrected chi connectivity index (χ2v) is 6.42. The van der Waals surface area contributed by atoms with Crippen molar-refractivity contribution in [3.63, 3.8) is 0 Å². The minimum absolute atomic E-state index is 0.0512. The van der Waals surface area contributed by atoms with Crippen LogP contribution >= 0.6 is 0 Å². The highest BCUT2D eigenvalue weighted by atomic mass is 19.4. The van der Waals surface area contributed by atoms with Crippen molar-refractivity contribution in [2.75, 3.05) is 30.9 Å². The summed E-state index contributed by atoms with van der Waals surface area (Å²) in [5.74, 6) is 0.00490. The predicted molar refractivity (Wildman–Crippen MR) is 107 cm³/mol. The summed E-state index contributed by atoms with van der Waals surface area (Å²) >= 11 is 0. The fourth-order valence-corrected chi connectivity index (χ4v) is 2.46. The first-order valence-corrected chi connectivity index (χ1v) is 9.07. The van der Waals surface area contributed by atoms with Crippen molar-refractivity contribution in [2.45, 2.75) is 19.2 Å². The Morgan fingerprint density at radius 1 is 1.13 bits per heavy atom. The normalized spacial score (nSPS) is 11.9. The number of benzene rings is 2. The highest BCUT2D eigenvalue weighted by molar-refractivity contribution is 5.93. The number of hydrogen-bond acceptors (Lipinski definition) is 5. The molecule has 11 heteroatoms. The molecule has 0 aliphatic rings. The Kier molecular flexibility index (Phi) is 8.08. The van der Waals surface area contributed by atoms with Gasteiger partial charge in [-0.05, 0) is 30.3 Å². The first-order chi connectivity index (χ1) is 14.6. The van der Waals surface area contributed by atoms with Gasteiger partial charge in [-0.2, -0.15) is 13.2 Å². The van der Waals surface area contributed by atoms with Crippen molar-refractivity contribution in [3.8, 4) is 11.5 Å². The third-order valence-corrected chi connectivity index (χ3v) is 3.87. The van der Waals surface area contributed by atoms with E-state index in [1.165, 1.54) is 32.2 Å². The molecule has 0 aliphatic carbocycles. The first kappa shape index (κ1) is 23.8. The molecule has 31 heavy (non-hydrogen) atoms. The number of ether oxygens (including phenoxy) is 2. The number of aliphatic hydroxyl groups excluding tert-OH is 1. The van der Waals surface area contributed by atoms with E-state index in [2.05, 4.69) is 16.0 Å². The van der Waals surface area contributed by atoms with Crippen LogP contribution < -0.4 is 25.4 Å². The predicted octanol–water partition coefficient (Wildman–Crippen LogP) is 3.23. The van der Waals surface area contributed by atoms with Gasteiger partial charge in [0.05, 0.1) is 18.4 Å². The molecule has 0 radical (unpaired) electrons. The third kappa shape index (κ3) is 7.70. The minimum Gasteiger partial charge on any atom is -0.494 e. The van der Waals surface area contributed by atoms with Crippen molar-refractivity contribution in [1.82, 2.24) is 5.32 Å². The molecule has 4 N–H and O–H groups in total. The highest BCUT2D eigenvalue weighted by Crippen LogP contribution is 2.31. The number of carbonyl (C=O) groups is 2. The molecular formula is C20H22F3N3O5. The van der Waals surface area contributed by atoms with Crippen LogP contribution in [0.2, 0.25) is 0 Å². The molecule has 0 fully saturated rings. The Balaban J connectivity index is 1.82. The van der Waals surface area contributed by atoms with Gasteiger partial charge in [0, 0.05) is 25.2 Å². The van der Waals surface area contributed by atoms with Crippen molar-refractivity contribution >= 4 is 23.3 Å². The fourth-order valence-electron chi connectivity index (χ4n) is 2.46. The summed E-state index contributed by atoms with van der Waals surface area (Å²) in [4.78, 5) is 23.2. The third-order valence-electron chi connectivity index (χ3n) is 3.87. The molecular weight excluding hydrogens is 419 g/mol. The number of amides is 3. The van der Waals surface area contributed by atoms with E-state index in [9.17, 15) is 27.9 Å². The van der Waals surface area contributed by atoms with E-state index in [1.54, 1.807) is 12.1 Å². The number of rotatable bonds is 8. The Bertz CT molecular complexity index is 921. The van der Waals surface area contributed by atoms with Crippen molar-refractivity contribution < 1.29 is 37.3 Å². The van der Waals surface area contributed by atoms with Crippen LogP contribution in [-0.2, 0) is 11.0 Å². The van der Waals surface area contributed by atoms with E-state index in [0.717, 1.165) is 12.1 Å². The molecule has 0 saturated heterocycles. The molecule has 2 rings (SSSR count). The average Bonchev–Trinajstić information content (AvgIpc) is 2.71. The van der Waals surface area contributed by atoms with E-state index in [4.69, 9.17) is 9.47 Å². The Morgan fingerprint density at radius 3 is 2.52 bits per heavy atom. The number of methoxy groups -OCH3 is 1. The standard InChI is InChI=1S/C20H22F3N3O5/c1-12(27)25-17-7-6-14(9-18(17)30-2)26-19(29)24-10-15(28)11-31-16-5-3-4-13(8-16)20(21,22)23/h3-9,15,28H,10-11H2,1-2H3,(H,25,27)(H2,24,26,29). The lowest BCUT2D eigenvalue weighted by Crippen LogP contribution is -2.37. The lowest BCUT2D eigenvalue weighted by atomic mass is 10.2.